The predicted molar refractivity (Wildman–Crippen MR) is 122 cm³/mol. The lowest BCUT2D eigenvalue weighted by Gasteiger charge is -2.32. The van der Waals surface area contributed by atoms with E-state index in [9.17, 15) is 18.4 Å². The minimum atomic E-state index is -1.15. The van der Waals surface area contributed by atoms with Crippen LogP contribution in [0.3, 0.4) is 0 Å². The molecule has 0 aliphatic carbocycles. The van der Waals surface area contributed by atoms with Crippen molar-refractivity contribution in [2.24, 2.45) is 4.99 Å². The number of hydroxylamine groups is 1. The van der Waals surface area contributed by atoms with Crippen LogP contribution in [0, 0.1) is 17.5 Å². The number of halogens is 4. The monoisotopic (exact) mass is 480 g/mol. The number of aromatic amines is 1. The van der Waals surface area contributed by atoms with Crippen molar-refractivity contribution in [2.75, 3.05) is 25.5 Å². The second-order valence-corrected chi connectivity index (χ2v) is 8.45. The van der Waals surface area contributed by atoms with Crippen molar-refractivity contribution in [1.82, 2.24) is 20.3 Å². The van der Waals surface area contributed by atoms with Crippen LogP contribution in [0.15, 0.2) is 29.3 Å². The van der Waals surface area contributed by atoms with Crippen molar-refractivity contribution in [3.8, 4) is 0 Å². The Morgan fingerprint density at radius 2 is 2.09 bits per heavy atom. The third kappa shape index (κ3) is 5.07. The molecule has 0 amide bonds. The van der Waals surface area contributed by atoms with E-state index in [2.05, 4.69) is 32.2 Å². The van der Waals surface area contributed by atoms with Gasteiger partial charge in [-0.25, -0.2) is 23.1 Å². The van der Waals surface area contributed by atoms with E-state index in [-0.39, 0.29) is 39.1 Å². The SMILES string of the molecule is CN1CCCCC1CCNc1nc2c(F)c(F)cc(C(=Nc3ccc(F)c(Cl)c3)NO)c2[nH]1. The molecule has 11 heteroatoms. The highest BCUT2D eigenvalue weighted by atomic mass is 35.5. The normalized spacial score (nSPS) is 17.5. The molecule has 0 spiro atoms. The van der Waals surface area contributed by atoms with Gasteiger partial charge in [-0.2, -0.15) is 0 Å². The van der Waals surface area contributed by atoms with Gasteiger partial charge in [0.1, 0.15) is 11.3 Å². The Morgan fingerprint density at radius 3 is 2.82 bits per heavy atom. The number of aromatic nitrogens is 2. The largest absolute Gasteiger partial charge is 0.356 e. The summed E-state index contributed by atoms with van der Waals surface area (Å²) in [5.41, 5.74) is 2.04. The van der Waals surface area contributed by atoms with Crippen molar-refractivity contribution in [2.45, 2.75) is 31.7 Å². The molecule has 4 rings (SSSR count). The van der Waals surface area contributed by atoms with Gasteiger partial charge in [0.05, 0.1) is 16.2 Å². The molecular weight excluding hydrogens is 457 g/mol. The number of benzene rings is 2. The number of hydrogen-bond donors (Lipinski definition) is 4. The number of aliphatic imine (C=N–C) groups is 1. The molecule has 176 valence electrons. The summed E-state index contributed by atoms with van der Waals surface area (Å²) in [4.78, 5) is 13.6. The number of nitrogens with zero attached hydrogens (tertiary/aromatic N) is 3. The highest BCUT2D eigenvalue weighted by Crippen LogP contribution is 2.27. The Labute approximate surface area is 193 Å². The quantitative estimate of drug-likeness (QED) is 0.227. The maximum atomic E-state index is 14.5. The number of anilines is 1. The van der Waals surface area contributed by atoms with Gasteiger partial charge in [0.15, 0.2) is 17.5 Å². The van der Waals surface area contributed by atoms with Crippen molar-refractivity contribution < 1.29 is 18.4 Å². The molecule has 1 aliphatic heterocycles. The zero-order valence-electron chi connectivity index (χ0n) is 17.9. The Bertz CT molecular complexity index is 1180. The number of piperidine rings is 1. The summed E-state index contributed by atoms with van der Waals surface area (Å²) in [6.45, 7) is 1.67. The molecule has 1 saturated heterocycles. The highest BCUT2D eigenvalue weighted by Gasteiger charge is 2.21. The number of H-pyrrole nitrogens is 1. The number of fused-ring (bicyclic) bond motifs is 1. The molecule has 33 heavy (non-hydrogen) atoms. The number of hydrogen-bond acceptors (Lipinski definition) is 5. The predicted octanol–water partition coefficient (Wildman–Crippen LogP) is 4.98. The first-order valence-corrected chi connectivity index (χ1v) is 11.0. The van der Waals surface area contributed by atoms with Crippen LogP contribution in [-0.2, 0) is 0 Å². The van der Waals surface area contributed by atoms with Gasteiger partial charge in [-0.3, -0.25) is 10.7 Å². The summed E-state index contributed by atoms with van der Waals surface area (Å²) >= 11 is 5.78. The lowest BCUT2D eigenvalue weighted by molar-refractivity contribution is 0.179. The Morgan fingerprint density at radius 1 is 1.27 bits per heavy atom. The molecule has 2 aromatic carbocycles. The number of nitrogens with one attached hydrogen (secondary N) is 3. The smallest absolute Gasteiger partial charge is 0.201 e. The maximum Gasteiger partial charge on any atom is 0.201 e. The van der Waals surface area contributed by atoms with Gasteiger partial charge >= 0.3 is 0 Å². The second kappa shape index (κ2) is 9.98. The van der Waals surface area contributed by atoms with E-state index in [1.54, 1.807) is 0 Å². The fraction of sp³-hybridized carbons (Fsp3) is 0.364. The second-order valence-electron chi connectivity index (χ2n) is 8.05. The standard InChI is InChI=1S/C22H24ClF3N6O/c1-32-9-3-2-4-13(32)7-8-27-22-29-19-14(11-17(25)18(26)20(19)30-22)21(31-33)28-12-5-6-16(24)15(23)10-12/h5-6,10-11,13,33H,2-4,7-9H2,1H3,(H,28,31)(H2,27,29,30). The first kappa shape index (κ1) is 23.3. The van der Waals surface area contributed by atoms with E-state index < -0.39 is 17.5 Å². The molecule has 0 bridgehead atoms. The number of likely N-dealkylation sites (tertiary alicyclic amines) is 1. The molecular formula is C22H24ClF3N6O. The minimum absolute atomic E-state index is 0.0411. The van der Waals surface area contributed by atoms with Crippen LogP contribution in [0.4, 0.5) is 24.8 Å². The summed E-state index contributed by atoms with van der Waals surface area (Å²) < 4.78 is 42.2. The van der Waals surface area contributed by atoms with Gasteiger partial charge in [0, 0.05) is 18.2 Å². The Hall–Kier alpha value is -2.82. The fourth-order valence-electron chi connectivity index (χ4n) is 4.07. The third-order valence-corrected chi connectivity index (χ3v) is 6.15. The topological polar surface area (TPSA) is 88.6 Å². The Kier molecular flexibility index (Phi) is 7.06. The van der Waals surface area contributed by atoms with Crippen LogP contribution >= 0.6 is 11.6 Å². The van der Waals surface area contributed by atoms with Crippen LogP contribution < -0.4 is 10.8 Å². The highest BCUT2D eigenvalue weighted by molar-refractivity contribution is 6.31. The van der Waals surface area contributed by atoms with Gasteiger partial charge in [-0.15, -0.1) is 0 Å². The van der Waals surface area contributed by atoms with Crippen LogP contribution in [0.1, 0.15) is 31.2 Å². The van der Waals surface area contributed by atoms with Crippen molar-refractivity contribution >= 4 is 40.1 Å². The third-order valence-electron chi connectivity index (χ3n) is 5.86. The summed E-state index contributed by atoms with van der Waals surface area (Å²) in [6, 6.07) is 5.04. The molecule has 1 fully saturated rings. The molecule has 7 nitrogen and oxygen atoms in total. The number of rotatable bonds is 6. The average molecular weight is 481 g/mol. The van der Waals surface area contributed by atoms with Gasteiger partial charge in [-0.05, 0) is 57.1 Å². The van der Waals surface area contributed by atoms with Gasteiger partial charge in [0.25, 0.3) is 0 Å². The average Bonchev–Trinajstić information content (AvgIpc) is 3.23. The lowest BCUT2D eigenvalue weighted by Crippen LogP contribution is -2.37. The van der Waals surface area contributed by atoms with Gasteiger partial charge < -0.3 is 15.2 Å². The first-order valence-electron chi connectivity index (χ1n) is 10.6. The van der Waals surface area contributed by atoms with E-state index in [4.69, 9.17) is 11.6 Å². The summed E-state index contributed by atoms with van der Waals surface area (Å²) in [5, 5.41) is 12.6. The van der Waals surface area contributed by atoms with Gasteiger partial charge in [-0.1, -0.05) is 18.0 Å². The molecule has 1 aromatic heterocycles. The van der Waals surface area contributed by atoms with Crippen molar-refractivity contribution in [3.63, 3.8) is 0 Å². The molecule has 1 aliphatic rings. The molecule has 3 aromatic rings. The lowest BCUT2D eigenvalue weighted by atomic mass is 10.0. The number of amidine groups is 1. The summed E-state index contributed by atoms with van der Waals surface area (Å²) in [5.74, 6) is -2.82. The van der Waals surface area contributed by atoms with Gasteiger partial charge in [0.2, 0.25) is 5.95 Å². The van der Waals surface area contributed by atoms with Crippen LogP contribution in [0.2, 0.25) is 5.02 Å². The molecule has 2 heterocycles. The van der Waals surface area contributed by atoms with Crippen LogP contribution in [0.25, 0.3) is 11.0 Å². The fourth-order valence-corrected chi connectivity index (χ4v) is 4.24. The molecule has 4 N–H and O–H groups in total. The van der Waals surface area contributed by atoms with E-state index >= 15 is 0 Å². The summed E-state index contributed by atoms with van der Waals surface area (Å²) in [6.07, 6.45) is 4.40. The molecule has 1 unspecified atom stereocenters. The van der Waals surface area contributed by atoms with Crippen molar-refractivity contribution in [3.05, 3.63) is 52.3 Å². The zero-order valence-corrected chi connectivity index (χ0v) is 18.7. The maximum absolute atomic E-state index is 14.5. The van der Waals surface area contributed by atoms with Crippen LogP contribution in [0.5, 0.6) is 0 Å². The van der Waals surface area contributed by atoms with E-state index in [1.807, 2.05) is 5.48 Å². The first-order chi connectivity index (χ1) is 15.9. The molecule has 1 atom stereocenters. The van der Waals surface area contributed by atoms with Crippen molar-refractivity contribution in [1.29, 1.82) is 0 Å². The number of imidazole rings is 1. The zero-order chi connectivity index (χ0) is 23.5. The molecule has 0 saturated carbocycles. The summed E-state index contributed by atoms with van der Waals surface area (Å²) in [7, 11) is 2.10. The van der Waals surface area contributed by atoms with E-state index in [0.717, 1.165) is 31.5 Å². The molecule has 0 radical (unpaired) electrons. The van der Waals surface area contributed by atoms with E-state index in [0.29, 0.717) is 12.6 Å². The van der Waals surface area contributed by atoms with Crippen LogP contribution in [-0.4, -0.2) is 52.1 Å². The minimum Gasteiger partial charge on any atom is -0.356 e. The van der Waals surface area contributed by atoms with E-state index in [1.165, 1.54) is 25.0 Å². The Balaban J connectivity index is 1.62.